The average molecular weight is 730 g/mol. The molecule has 52 heavy (non-hydrogen) atoms. The third-order valence-electron chi connectivity index (χ3n) is 8.66. The van der Waals surface area contributed by atoms with Gasteiger partial charge in [0.1, 0.15) is 24.2 Å². The van der Waals surface area contributed by atoms with Crippen LogP contribution < -0.4 is 32.7 Å². The van der Waals surface area contributed by atoms with Crippen LogP contribution in [0, 0.1) is 0 Å². The number of carboxylic acid groups (broad SMARTS) is 1. The lowest BCUT2D eigenvalue weighted by molar-refractivity contribution is -0.142. The topological polar surface area (TPSA) is 222 Å². The van der Waals surface area contributed by atoms with Crippen LogP contribution in [0.2, 0.25) is 0 Å². The lowest BCUT2D eigenvalue weighted by Gasteiger charge is -2.27. The number of aromatic amines is 1. The van der Waals surface area contributed by atoms with Gasteiger partial charge in [-0.1, -0.05) is 78.9 Å². The molecule has 1 aromatic heterocycles. The summed E-state index contributed by atoms with van der Waals surface area (Å²) in [6, 6.07) is 19.8. The molecule has 0 aliphatic rings. The Bertz CT molecular complexity index is 1790. The summed E-state index contributed by atoms with van der Waals surface area (Å²) in [4.78, 5) is 69.9. The number of para-hydroxylation sites is 1. The maximum atomic E-state index is 14.1. The van der Waals surface area contributed by atoms with E-state index in [0.717, 1.165) is 22.0 Å². The summed E-state index contributed by atoms with van der Waals surface area (Å²) in [5.74, 6) is -3.72. The van der Waals surface area contributed by atoms with Gasteiger partial charge in [0.2, 0.25) is 23.6 Å². The fourth-order valence-electron chi connectivity index (χ4n) is 5.78. The Morgan fingerprint density at radius 3 is 1.69 bits per heavy atom. The van der Waals surface area contributed by atoms with Gasteiger partial charge in [-0.3, -0.25) is 19.2 Å². The number of benzene rings is 3. The molecule has 1 heterocycles. The van der Waals surface area contributed by atoms with E-state index in [1.807, 2.05) is 36.4 Å². The van der Waals surface area contributed by atoms with Crippen molar-refractivity contribution in [2.24, 2.45) is 11.5 Å². The van der Waals surface area contributed by atoms with Crippen molar-refractivity contribution in [1.82, 2.24) is 26.3 Å². The van der Waals surface area contributed by atoms with Gasteiger partial charge < -0.3 is 42.8 Å². The molecular formula is C38H47N7O6S. The van der Waals surface area contributed by atoms with Gasteiger partial charge in [-0.15, -0.1) is 0 Å². The number of thiol groups is 1. The highest BCUT2D eigenvalue weighted by atomic mass is 32.1. The summed E-state index contributed by atoms with van der Waals surface area (Å²) in [5.41, 5.74) is 14.5. The van der Waals surface area contributed by atoms with Gasteiger partial charge in [-0.05, 0) is 48.6 Å². The van der Waals surface area contributed by atoms with E-state index in [4.69, 9.17) is 11.5 Å². The molecule has 276 valence electrons. The molecule has 3 aromatic carbocycles. The molecule has 0 saturated carbocycles. The van der Waals surface area contributed by atoms with E-state index in [-0.39, 0.29) is 31.4 Å². The second kappa shape index (κ2) is 20.0. The number of aliphatic carboxylic acids is 1. The van der Waals surface area contributed by atoms with Crippen LogP contribution >= 0.6 is 12.6 Å². The van der Waals surface area contributed by atoms with Gasteiger partial charge in [0.05, 0.1) is 6.04 Å². The van der Waals surface area contributed by atoms with E-state index in [1.54, 1.807) is 54.7 Å². The molecule has 0 aliphatic carbocycles. The minimum absolute atomic E-state index is 0.00206. The molecule has 0 aliphatic heterocycles. The highest BCUT2D eigenvalue weighted by Gasteiger charge is 2.32. The van der Waals surface area contributed by atoms with Crippen molar-refractivity contribution in [2.45, 2.75) is 68.7 Å². The van der Waals surface area contributed by atoms with Crippen LogP contribution in [0.4, 0.5) is 0 Å². The first kappa shape index (κ1) is 39.6. The molecule has 5 atom stereocenters. The predicted octanol–water partition coefficient (Wildman–Crippen LogP) is 1.61. The third-order valence-corrected chi connectivity index (χ3v) is 9.05. The number of carboxylic acids is 1. The first-order valence-corrected chi connectivity index (χ1v) is 17.9. The minimum atomic E-state index is -1.30. The van der Waals surface area contributed by atoms with Crippen LogP contribution in [0.5, 0.6) is 0 Å². The number of hydrogen-bond donors (Lipinski definition) is 9. The monoisotopic (exact) mass is 729 g/mol. The molecule has 0 unspecified atom stereocenters. The molecule has 14 heteroatoms. The predicted molar refractivity (Wildman–Crippen MR) is 202 cm³/mol. The van der Waals surface area contributed by atoms with Crippen LogP contribution in [-0.2, 0) is 43.2 Å². The number of carbonyl (C=O) groups is 5. The molecule has 0 saturated heterocycles. The van der Waals surface area contributed by atoms with Gasteiger partial charge >= 0.3 is 5.97 Å². The second-order valence-electron chi connectivity index (χ2n) is 12.6. The maximum absolute atomic E-state index is 14.1. The van der Waals surface area contributed by atoms with Crippen molar-refractivity contribution in [3.8, 4) is 0 Å². The molecular weight excluding hydrogens is 683 g/mol. The Kier molecular flexibility index (Phi) is 15.2. The van der Waals surface area contributed by atoms with E-state index in [2.05, 4.69) is 38.9 Å². The van der Waals surface area contributed by atoms with Gasteiger partial charge in [-0.2, -0.15) is 12.6 Å². The minimum Gasteiger partial charge on any atom is -0.480 e. The van der Waals surface area contributed by atoms with Gasteiger partial charge in [0, 0.05) is 42.1 Å². The molecule has 4 amide bonds. The quantitative estimate of drug-likeness (QED) is 0.0479. The van der Waals surface area contributed by atoms with E-state index in [9.17, 15) is 29.1 Å². The first-order valence-electron chi connectivity index (χ1n) is 17.2. The summed E-state index contributed by atoms with van der Waals surface area (Å²) in [5, 5.41) is 21.8. The van der Waals surface area contributed by atoms with Crippen LogP contribution in [0.3, 0.4) is 0 Å². The zero-order valence-electron chi connectivity index (χ0n) is 28.8. The molecule has 10 N–H and O–H groups in total. The number of H-pyrrole nitrogens is 1. The van der Waals surface area contributed by atoms with E-state index in [1.165, 1.54) is 0 Å². The normalized spacial score (nSPS) is 14.0. The Balaban J connectivity index is 1.58. The van der Waals surface area contributed by atoms with Crippen molar-refractivity contribution in [2.75, 3.05) is 12.3 Å². The number of aromatic nitrogens is 1. The third kappa shape index (κ3) is 11.7. The summed E-state index contributed by atoms with van der Waals surface area (Å²) in [6.07, 6.45) is 3.21. The summed E-state index contributed by atoms with van der Waals surface area (Å²) < 4.78 is 0. The number of rotatable bonds is 20. The highest BCUT2D eigenvalue weighted by Crippen LogP contribution is 2.19. The Morgan fingerprint density at radius 2 is 1.15 bits per heavy atom. The molecule has 0 fully saturated rings. The molecule has 4 rings (SSSR count). The zero-order valence-corrected chi connectivity index (χ0v) is 29.7. The smallest absolute Gasteiger partial charge is 0.326 e. The fraction of sp³-hybridized carbons (Fsp3) is 0.342. The number of hydrogen-bond acceptors (Lipinski definition) is 8. The number of carbonyl (C=O) groups excluding carboxylic acids is 4. The summed E-state index contributed by atoms with van der Waals surface area (Å²) in [7, 11) is 0. The Labute approximate surface area is 308 Å². The SMILES string of the molecule is NCCCC[C@H](NC(=O)[C@@H](N)CS)C(=O)N[C@@H](Cc1ccccc1)C(=O)N[C@@H](Cc1ccccc1)C(=O)N[C@H](Cc1c[nH]c2ccccc12)C(=O)O. The van der Waals surface area contributed by atoms with Gasteiger partial charge in [-0.25, -0.2) is 4.79 Å². The molecule has 0 spiro atoms. The second-order valence-corrected chi connectivity index (χ2v) is 13.0. The summed E-state index contributed by atoms with van der Waals surface area (Å²) in [6.45, 7) is 0.396. The van der Waals surface area contributed by atoms with Crippen molar-refractivity contribution < 1.29 is 29.1 Å². The van der Waals surface area contributed by atoms with Crippen molar-refractivity contribution in [3.63, 3.8) is 0 Å². The first-order chi connectivity index (χ1) is 25.1. The standard InChI is InChI=1S/C38H47N7O6S/c39-18-10-9-17-30(42-34(46)28(40)23-52)35(47)43-31(19-24-11-3-1-4-12-24)36(48)44-32(20-25-13-5-2-6-14-25)37(49)45-33(38(50)51)21-26-22-41-29-16-8-7-15-27(26)29/h1-8,11-16,22,28,30-33,41,52H,9-10,17-21,23,39-40H2,(H,42,46)(H,43,47)(H,44,48)(H,45,49)(H,50,51)/t28-,30-,31-,32-,33+/m0/s1. The average Bonchev–Trinajstić information content (AvgIpc) is 3.56. The van der Waals surface area contributed by atoms with Crippen molar-refractivity contribution >= 4 is 53.1 Å². The molecule has 4 aromatic rings. The fourth-order valence-corrected chi connectivity index (χ4v) is 5.94. The number of nitrogens with two attached hydrogens (primary N) is 2. The lowest BCUT2D eigenvalue weighted by Crippen LogP contribution is -2.59. The number of amides is 4. The van der Waals surface area contributed by atoms with Crippen LogP contribution in [0.1, 0.15) is 36.0 Å². The maximum Gasteiger partial charge on any atom is 0.326 e. The highest BCUT2D eigenvalue weighted by molar-refractivity contribution is 7.80. The van der Waals surface area contributed by atoms with Gasteiger partial charge in [0.15, 0.2) is 0 Å². The van der Waals surface area contributed by atoms with E-state index < -0.39 is 59.8 Å². The number of unbranched alkanes of at least 4 members (excludes halogenated alkanes) is 1. The Hall–Kier alpha value is -5.18. The van der Waals surface area contributed by atoms with Crippen molar-refractivity contribution in [3.05, 3.63) is 108 Å². The molecule has 13 nitrogen and oxygen atoms in total. The summed E-state index contributed by atoms with van der Waals surface area (Å²) >= 11 is 4.08. The van der Waals surface area contributed by atoms with E-state index in [0.29, 0.717) is 24.9 Å². The molecule has 0 radical (unpaired) electrons. The van der Waals surface area contributed by atoms with Crippen molar-refractivity contribution in [1.29, 1.82) is 0 Å². The zero-order chi connectivity index (χ0) is 37.5. The van der Waals surface area contributed by atoms with Crippen LogP contribution in [-0.4, -0.2) is 82.2 Å². The van der Waals surface area contributed by atoms with Crippen LogP contribution in [0.25, 0.3) is 10.9 Å². The Morgan fingerprint density at radius 1 is 0.654 bits per heavy atom. The van der Waals surface area contributed by atoms with Crippen LogP contribution in [0.15, 0.2) is 91.1 Å². The number of nitrogens with one attached hydrogen (secondary N) is 5. The molecule has 0 bridgehead atoms. The van der Waals surface area contributed by atoms with E-state index >= 15 is 0 Å². The van der Waals surface area contributed by atoms with Gasteiger partial charge in [0.25, 0.3) is 0 Å². The lowest BCUT2D eigenvalue weighted by atomic mass is 10.0. The number of fused-ring (bicyclic) bond motifs is 1. The largest absolute Gasteiger partial charge is 0.480 e.